The van der Waals surface area contributed by atoms with Gasteiger partial charge in [-0.2, -0.15) is 0 Å². The van der Waals surface area contributed by atoms with Crippen molar-refractivity contribution < 1.29 is 14.3 Å². The first-order valence-electron chi connectivity index (χ1n) is 6.03. The molecule has 0 heterocycles. The fourth-order valence-electron chi connectivity index (χ4n) is 1.55. The van der Waals surface area contributed by atoms with E-state index in [0.29, 0.717) is 6.54 Å². The molecule has 0 aliphatic carbocycles. The summed E-state index contributed by atoms with van der Waals surface area (Å²) in [6, 6.07) is 4.03. The van der Waals surface area contributed by atoms with Crippen molar-refractivity contribution in [1.82, 2.24) is 4.90 Å². The van der Waals surface area contributed by atoms with Gasteiger partial charge in [0.25, 0.3) is 0 Å². The van der Waals surface area contributed by atoms with Crippen LogP contribution < -0.4 is 5.32 Å². The zero-order valence-corrected chi connectivity index (χ0v) is 18.1. The number of amides is 1. The average molecular weight is 628 g/mol. The largest absolute Gasteiger partial charge is 0.469 e. The van der Waals surface area contributed by atoms with Crippen LogP contribution in [-0.4, -0.2) is 44.0 Å². The van der Waals surface area contributed by atoms with E-state index in [9.17, 15) is 9.59 Å². The van der Waals surface area contributed by atoms with Crippen molar-refractivity contribution in [2.75, 3.05) is 32.6 Å². The maximum atomic E-state index is 12.0. The second-order valence-electron chi connectivity index (χ2n) is 4.36. The van der Waals surface area contributed by atoms with Crippen LogP contribution in [0.1, 0.15) is 6.42 Å². The maximum absolute atomic E-state index is 12.0. The van der Waals surface area contributed by atoms with Gasteiger partial charge in [0.05, 0.1) is 25.8 Å². The topological polar surface area (TPSA) is 58.6 Å². The van der Waals surface area contributed by atoms with Crippen LogP contribution in [-0.2, 0) is 14.3 Å². The number of ether oxygens (including phenoxy) is 1. The minimum Gasteiger partial charge on any atom is -0.469 e. The molecule has 0 saturated heterocycles. The SMILES string of the molecule is COC(=O)CCN(C)CC(=O)Nc1c(I)cc(I)cc1I. The molecule has 1 rings (SSSR count). The molecule has 0 fully saturated rings. The van der Waals surface area contributed by atoms with Gasteiger partial charge in [0.1, 0.15) is 0 Å². The Hall–Kier alpha value is 0.310. The number of hydrogen-bond donors (Lipinski definition) is 1. The molecule has 0 aromatic heterocycles. The molecule has 0 aliphatic rings. The van der Waals surface area contributed by atoms with Crippen molar-refractivity contribution in [3.63, 3.8) is 0 Å². The molecule has 0 unspecified atom stereocenters. The van der Waals surface area contributed by atoms with Crippen LogP contribution in [0.25, 0.3) is 0 Å². The van der Waals surface area contributed by atoms with E-state index < -0.39 is 0 Å². The van der Waals surface area contributed by atoms with Gasteiger partial charge < -0.3 is 10.1 Å². The number of methoxy groups -OCH3 is 1. The monoisotopic (exact) mass is 628 g/mol. The quantitative estimate of drug-likeness (QED) is 0.390. The minimum absolute atomic E-state index is 0.0978. The Bertz CT molecular complexity index is 514. The summed E-state index contributed by atoms with van der Waals surface area (Å²) in [7, 11) is 3.15. The highest BCUT2D eigenvalue weighted by Gasteiger charge is 2.13. The number of nitrogens with zero attached hydrogens (tertiary/aromatic N) is 1. The molecule has 0 spiro atoms. The van der Waals surface area contributed by atoms with Crippen molar-refractivity contribution in [1.29, 1.82) is 0 Å². The lowest BCUT2D eigenvalue weighted by Gasteiger charge is -2.16. The Morgan fingerprint density at radius 1 is 1.24 bits per heavy atom. The second-order valence-corrected chi connectivity index (χ2v) is 7.93. The lowest BCUT2D eigenvalue weighted by atomic mass is 10.3. The van der Waals surface area contributed by atoms with Crippen molar-refractivity contribution in [3.8, 4) is 0 Å². The molecule has 21 heavy (non-hydrogen) atoms. The fourth-order valence-corrected chi connectivity index (χ4v) is 5.40. The van der Waals surface area contributed by atoms with Gasteiger partial charge in [0.15, 0.2) is 0 Å². The summed E-state index contributed by atoms with van der Waals surface area (Å²) >= 11 is 6.67. The number of carbonyl (C=O) groups excluding carboxylic acids is 2. The molecular formula is C13H15I3N2O3. The Morgan fingerprint density at radius 3 is 2.33 bits per heavy atom. The lowest BCUT2D eigenvalue weighted by Crippen LogP contribution is -2.32. The van der Waals surface area contributed by atoms with Crippen LogP contribution >= 0.6 is 67.8 Å². The molecule has 0 bridgehead atoms. The zero-order valence-electron chi connectivity index (χ0n) is 11.6. The molecule has 1 aromatic carbocycles. The summed E-state index contributed by atoms with van der Waals surface area (Å²) in [5.74, 6) is -0.372. The van der Waals surface area contributed by atoms with E-state index in [1.807, 2.05) is 12.1 Å². The molecule has 116 valence electrons. The molecule has 1 N–H and O–H groups in total. The molecule has 1 amide bonds. The van der Waals surface area contributed by atoms with E-state index in [-0.39, 0.29) is 24.8 Å². The van der Waals surface area contributed by atoms with Gasteiger partial charge in [-0.05, 0) is 87.0 Å². The molecule has 5 nitrogen and oxygen atoms in total. The number of hydrogen-bond acceptors (Lipinski definition) is 4. The summed E-state index contributed by atoms with van der Waals surface area (Å²) in [5.41, 5.74) is 0.836. The number of rotatable bonds is 6. The van der Waals surface area contributed by atoms with Crippen molar-refractivity contribution in [2.24, 2.45) is 0 Å². The van der Waals surface area contributed by atoms with Crippen molar-refractivity contribution >= 4 is 85.3 Å². The van der Waals surface area contributed by atoms with Crippen LogP contribution in [0.5, 0.6) is 0 Å². The third kappa shape index (κ3) is 6.95. The van der Waals surface area contributed by atoms with Crippen molar-refractivity contribution in [3.05, 3.63) is 22.8 Å². The first-order valence-corrected chi connectivity index (χ1v) is 9.27. The van der Waals surface area contributed by atoms with Gasteiger partial charge in [-0.3, -0.25) is 14.5 Å². The molecule has 0 radical (unpaired) electrons. The number of likely N-dealkylation sites (N-methyl/N-ethyl adjacent to an activating group) is 1. The summed E-state index contributed by atoms with van der Waals surface area (Å²) in [6.07, 6.45) is 0.277. The van der Waals surface area contributed by atoms with Crippen LogP contribution in [0.3, 0.4) is 0 Å². The minimum atomic E-state index is -0.274. The van der Waals surface area contributed by atoms with Gasteiger partial charge in [0.2, 0.25) is 5.91 Å². The third-order valence-electron chi connectivity index (χ3n) is 2.61. The van der Waals surface area contributed by atoms with Gasteiger partial charge in [-0.15, -0.1) is 0 Å². The Morgan fingerprint density at radius 2 is 1.81 bits per heavy atom. The molecule has 1 aromatic rings. The van der Waals surface area contributed by atoms with E-state index >= 15 is 0 Å². The van der Waals surface area contributed by atoms with E-state index in [1.54, 1.807) is 11.9 Å². The van der Waals surface area contributed by atoms with Crippen LogP contribution in [0.4, 0.5) is 5.69 Å². The molecular weight excluding hydrogens is 613 g/mol. The van der Waals surface area contributed by atoms with Gasteiger partial charge >= 0.3 is 5.97 Å². The summed E-state index contributed by atoms with van der Waals surface area (Å²) in [6.45, 7) is 0.718. The highest BCUT2D eigenvalue weighted by atomic mass is 127. The number of esters is 1. The first kappa shape index (κ1) is 19.4. The molecule has 0 atom stereocenters. The smallest absolute Gasteiger partial charge is 0.306 e. The van der Waals surface area contributed by atoms with E-state index in [4.69, 9.17) is 0 Å². The van der Waals surface area contributed by atoms with Crippen LogP contribution in [0.2, 0.25) is 0 Å². The molecule has 0 saturated carbocycles. The maximum Gasteiger partial charge on any atom is 0.306 e. The number of anilines is 1. The third-order valence-corrected chi connectivity index (χ3v) is 4.93. The predicted molar refractivity (Wildman–Crippen MR) is 107 cm³/mol. The Labute approximate surface area is 165 Å². The van der Waals surface area contributed by atoms with E-state index in [0.717, 1.165) is 16.4 Å². The van der Waals surface area contributed by atoms with Crippen molar-refractivity contribution in [2.45, 2.75) is 6.42 Å². The number of benzene rings is 1. The normalized spacial score (nSPS) is 10.6. The number of nitrogens with one attached hydrogen (secondary N) is 1. The Kier molecular flexibility index (Phi) is 8.71. The first-order chi connectivity index (χ1) is 9.83. The van der Waals surface area contributed by atoms with Gasteiger partial charge in [-0.25, -0.2) is 0 Å². The molecule has 8 heteroatoms. The number of carbonyl (C=O) groups is 2. The molecule has 0 aliphatic heterocycles. The summed E-state index contributed by atoms with van der Waals surface area (Å²) < 4.78 is 7.73. The highest BCUT2D eigenvalue weighted by Crippen LogP contribution is 2.27. The van der Waals surface area contributed by atoms with Crippen LogP contribution in [0.15, 0.2) is 12.1 Å². The Balaban J connectivity index is 2.56. The highest BCUT2D eigenvalue weighted by molar-refractivity contribution is 14.1. The van der Waals surface area contributed by atoms with Gasteiger partial charge in [-0.1, -0.05) is 0 Å². The van der Waals surface area contributed by atoms with E-state index in [1.165, 1.54) is 7.11 Å². The second kappa shape index (κ2) is 9.45. The average Bonchev–Trinajstić information content (AvgIpc) is 2.40. The van der Waals surface area contributed by atoms with Crippen LogP contribution in [0, 0.1) is 10.7 Å². The van der Waals surface area contributed by atoms with E-state index in [2.05, 4.69) is 77.8 Å². The summed E-state index contributed by atoms with van der Waals surface area (Å²) in [4.78, 5) is 24.9. The fraction of sp³-hybridized carbons (Fsp3) is 0.385. The number of halogens is 3. The lowest BCUT2D eigenvalue weighted by molar-refractivity contribution is -0.141. The summed E-state index contributed by atoms with van der Waals surface area (Å²) in [5, 5.41) is 2.92. The zero-order chi connectivity index (χ0) is 16.0. The predicted octanol–water partition coefficient (Wildman–Crippen LogP) is 2.93. The standard InChI is InChI=1S/C13H15I3N2O3/c1-18(4-3-12(20)21-2)7-11(19)17-13-9(15)5-8(14)6-10(13)16/h5-6H,3-4,7H2,1-2H3,(H,17,19). The van der Waals surface area contributed by atoms with Gasteiger partial charge in [0, 0.05) is 17.3 Å².